The first-order chi connectivity index (χ1) is 19.6. The van der Waals surface area contributed by atoms with Gasteiger partial charge in [-0.2, -0.15) is 0 Å². The second kappa shape index (κ2) is 14.9. The first-order valence-corrected chi connectivity index (χ1v) is 13.1. The fourth-order valence-corrected chi connectivity index (χ4v) is 3.98. The van der Waals surface area contributed by atoms with Crippen LogP contribution in [0.2, 0.25) is 0 Å². The highest BCUT2D eigenvalue weighted by Crippen LogP contribution is 2.15. The molecule has 0 fully saturated rings. The van der Waals surface area contributed by atoms with Crippen molar-refractivity contribution in [3.05, 3.63) is 137 Å². The fraction of sp³-hybridized carbons (Fsp3) is 0.182. The topological polar surface area (TPSA) is 93.7 Å². The molecule has 204 valence electrons. The van der Waals surface area contributed by atoms with Crippen LogP contribution in [0.1, 0.15) is 39.0 Å². The molecule has 7 heteroatoms. The van der Waals surface area contributed by atoms with Crippen molar-refractivity contribution >= 4 is 17.8 Å². The van der Waals surface area contributed by atoms with Gasteiger partial charge in [0.1, 0.15) is 25.5 Å². The summed E-state index contributed by atoms with van der Waals surface area (Å²) in [7, 11) is 0. The maximum atomic E-state index is 12.9. The molecule has 0 heterocycles. The van der Waals surface area contributed by atoms with Gasteiger partial charge in [0.15, 0.2) is 0 Å². The summed E-state index contributed by atoms with van der Waals surface area (Å²) in [6.07, 6.45) is 0.503. The number of esters is 1. The van der Waals surface area contributed by atoms with Crippen LogP contribution in [-0.2, 0) is 40.5 Å². The monoisotopic (exact) mass is 536 g/mol. The van der Waals surface area contributed by atoms with Gasteiger partial charge in [0.2, 0.25) is 5.91 Å². The van der Waals surface area contributed by atoms with Crippen molar-refractivity contribution in [1.29, 1.82) is 0 Å². The molecule has 0 aliphatic rings. The van der Waals surface area contributed by atoms with Crippen LogP contribution in [-0.4, -0.2) is 24.3 Å². The third-order valence-corrected chi connectivity index (χ3v) is 6.18. The molecular weight excluding hydrogens is 504 g/mol. The number of amides is 2. The minimum atomic E-state index is -0.507. The van der Waals surface area contributed by atoms with Crippen molar-refractivity contribution in [1.82, 2.24) is 10.6 Å². The molecule has 4 aromatic carbocycles. The lowest BCUT2D eigenvalue weighted by Gasteiger charge is -2.11. The maximum Gasteiger partial charge on any atom is 0.325 e. The van der Waals surface area contributed by atoms with Crippen molar-refractivity contribution in [2.75, 3.05) is 6.54 Å². The van der Waals surface area contributed by atoms with E-state index in [2.05, 4.69) is 10.6 Å². The Morgan fingerprint density at radius 3 is 1.95 bits per heavy atom. The van der Waals surface area contributed by atoms with E-state index in [0.29, 0.717) is 25.1 Å². The molecule has 0 aromatic heterocycles. The van der Waals surface area contributed by atoms with Crippen molar-refractivity contribution in [3.8, 4) is 5.75 Å². The van der Waals surface area contributed by atoms with Crippen LogP contribution >= 0.6 is 0 Å². The zero-order chi connectivity index (χ0) is 28.0. The van der Waals surface area contributed by atoms with E-state index in [1.807, 2.05) is 97.1 Å². The number of benzene rings is 4. The summed E-state index contributed by atoms with van der Waals surface area (Å²) in [5, 5.41) is 5.53. The molecule has 2 amide bonds. The number of ether oxygens (including phenoxy) is 2. The van der Waals surface area contributed by atoms with Gasteiger partial charge in [0.05, 0.1) is 0 Å². The van der Waals surface area contributed by atoms with Gasteiger partial charge in [-0.3, -0.25) is 14.4 Å². The van der Waals surface area contributed by atoms with E-state index in [0.717, 1.165) is 28.0 Å². The van der Waals surface area contributed by atoms with E-state index < -0.39 is 5.97 Å². The molecule has 40 heavy (non-hydrogen) atoms. The number of hydrogen-bond acceptors (Lipinski definition) is 5. The summed E-state index contributed by atoms with van der Waals surface area (Å²) in [5.41, 5.74) is 4.18. The Morgan fingerprint density at radius 1 is 0.625 bits per heavy atom. The zero-order valence-corrected chi connectivity index (χ0v) is 22.2. The third kappa shape index (κ3) is 9.13. The number of hydrogen-bond donors (Lipinski definition) is 2. The largest absolute Gasteiger partial charge is 0.489 e. The van der Waals surface area contributed by atoms with E-state index in [9.17, 15) is 14.4 Å². The Hall–Kier alpha value is -4.91. The average Bonchev–Trinajstić information content (AvgIpc) is 3.01. The van der Waals surface area contributed by atoms with Gasteiger partial charge in [-0.05, 0) is 46.9 Å². The maximum absolute atomic E-state index is 12.9. The van der Waals surface area contributed by atoms with Crippen LogP contribution in [0.4, 0.5) is 0 Å². The van der Waals surface area contributed by atoms with Gasteiger partial charge in [-0.25, -0.2) is 0 Å². The van der Waals surface area contributed by atoms with Crippen molar-refractivity contribution in [2.45, 2.75) is 32.6 Å². The number of aryl methyl sites for hydroxylation is 1. The van der Waals surface area contributed by atoms with Gasteiger partial charge in [0.25, 0.3) is 5.91 Å². The smallest absolute Gasteiger partial charge is 0.325 e. The van der Waals surface area contributed by atoms with Crippen molar-refractivity contribution < 1.29 is 23.9 Å². The standard InChI is InChI=1S/C33H32N2O5/c36-31(34-22-32(37)40-24-27-11-5-2-6-12-27)20-17-28-13-7-8-14-30(28)33(38)35-21-25-15-18-29(19-16-25)39-23-26-9-3-1-4-10-26/h1-16,18-19H,17,20-24H2,(H,34,36)(H,35,38). The Bertz CT molecular complexity index is 1390. The molecule has 0 radical (unpaired) electrons. The van der Waals surface area contributed by atoms with Crippen LogP contribution in [0.25, 0.3) is 0 Å². The molecule has 4 aromatic rings. The zero-order valence-electron chi connectivity index (χ0n) is 22.2. The molecule has 0 saturated carbocycles. The lowest BCUT2D eigenvalue weighted by Crippen LogP contribution is -2.31. The number of carbonyl (C=O) groups excluding carboxylic acids is 3. The second-order valence-corrected chi connectivity index (χ2v) is 9.18. The normalized spacial score (nSPS) is 10.4. The summed E-state index contributed by atoms with van der Waals surface area (Å²) < 4.78 is 11.0. The van der Waals surface area contributed by atoms with Crippen molar-refractivity contribution in [2.24, 2.45) is 0 Å². The van der Waals surface area contributed by atoms with Crippen LogP contribution in [0.15, 0.2) is 109 Å². The minimum absolute atomic E-state index is 0.140. The van der Waals surface area contributed by atoms with Crippen LogP contribution < -0.4 is 15.4 Å². The lowest BCUT2D eigenvalue weighted by molar-refractivity contribution is -0.145. The number of rotatable bonds is 13. The first-order valence-electron chi connectivity index (χ1n) is 13.1. The first kappa shape index (κ1) is 28.1. The summed E-state index contributed by atoms with van der Waals surface area (Å²) in [6, 6.07) is 34.1. The van der Waals surface area contributed by atoms with E-state index in [1.165, 1.54) is 0 Å². The molecule has 0 aliphatic heterocycles. The highest BCUT2D eigenvalue weighted by molar-refractivity contribution is 5.95. The Balaban J connectivity index is 1.19. The quantitative estimate of drug-likeness (QED) is 0.235. The minimum Gasteiger partial charge on any atom is -0.489 e. The lowest BCUT2D eigenvalue weighted by atomic mass is 10.0. The average molecular weight is 537 g/mol. The predicted molar refractivity (Wildman–Crippen MR) is 152 cm³/mol. The van der Waals surface area contributed by atoms with Gasteiger partial charge < -0.3 is 20.1 Å². The molecule has 4 rings (SSSR count). The molecule has 7 nitrogen and oxygen atoms in total. The summed E-state index contributed by atoms with van der Waals surface area (Å²) in [6.45, 7) is 0.801. The number of carbonyl (C=O) groups is 3. The highest BCUT2D eigenvalue weighted by atomic mass is 16.5. The Morgan fingerprint density at radius 2 is 1.25 bits per heavy atom. The number of nitrogens with one attached hydrogen (secondary N) is 2. The molecule has 0 atom stereocenters. The Kier molecular flexibility index (Phi) is 10.5. The molecule has 2 N–H and O–H groups in total. The SMILES string of the molecule is O=C(CCc1ccccc1C(=O)NCc1ccc(OCc2ccccc2)cc1)NCC(=O)OCc1ccccc1. The third-order valence-electron chi connectivity index (χ3n) is 6.18. The van der Waals surface area contributed by atoms with E-state index in [4.69, 9.17) is 9.47 Å². The summed E-state index contributed by atoms with van der Waals surface area (Å²) in [5.74, 6) is -0.258. The molecule has 0 aliphatic carbocycles. The van der Waals surface area contributed by atoms with Gasteiger partial charge in [-0.15, -0.1) is 0 Å². The van der Waals surface area contributed by atoms with Gasteiger partial charge in [0, 0.05) is 18.5 Å². The Labute approximate surface area is 234 Å². The molecular formula is C33H32N2O5. The molecule has 0 spiro atoms. The van der Waals surface area contributed by atoms with E-state index >= 15 is 0 Å². The van der Waals surface area contributed by atoms with Gasteiger partial charge >= 0.3 is 5.97 Å². The van der Waals surface area contributed by atoms with Crippen LogP contribution in [0, 0.1) is 0 Å². The highest BCUT2D eigenvalue weighted by Gasteiger charge is 2.13. The molecule has 0 unspecified atom stereocenters. The van der Waals surface area contributed by atoms with Crippen LogP contribution in [0.3, 0.4) is 0 Å². The van der Waals surface area contributed by atoms with E-state index in [-0.39, 0.29) is 31.4 Å². The van der Waals surface area contributed by atoms with Crippen LogP contribution in [0.5, 0.6) is 5.75 Å². The molecule has 0 bridgehead atoms. The fourth-order valence-electron chi connectivity index (χ4n) is 3.98. The summed E-state index contributed by atoms with van der Waals surface area (Å²) >= 11 is 0. The summed E-state index contributed by atoms with van der Waals surface area (Å²) in [4.78, 5) is 37.2. The van der Waals surface area contributed by atoms with Gasteiger partial charge in [-0.1, -0.05) is 91.0 Å². The molecule has 0 saturated heterocycles. The predicted octanol–water partition coefficient (Wildman–Crippen LogP) is 4.99. The second-order valence-electron chi connectivity index (χ2n) is 9.18. The van der Waals surface area contributed by atoms with Crippen molar-refractivity contribution in [3.63, 3.8) is 0 Å². The van der Waals surface area contributed by atoms with E-state index in [1.54, 1.807) is 12.1 Å².